The third kappa shape index (κ3) is 4.82. The van der Waals surface area contributed by atoms with Crippen LogP contribution in [0.2, 0.25) is 0 Å². The van der Waals surface area contributed by atoms with E-state index in [1.807, 2.05) is 37.3 Å². The van der Waals surface area contributed by atoms with E-state index in [9.17, 15) is 9.59 Å². The Bertz CT molecular complexity index is 1240. The first-order valence-corrected chi connectivity index (χ1v) is 11.6. The molecular weight excluding hydrogens is 552 g/mol. The second kappa shape index (κ2) is 9.80. The lowest BCUT2D eigenvalue weighted by molar-refractivity contribution is -0.117. The van der Waals surface area contributed by atoms with E-state index in [1.54, 1.807) is 30.3 Å². The monoisotopic (exact) mass is 570 g/mol. The number of rotatable bonds is 6. The summed E-state index contributed by atoms with van der Waals surface area (Å²) < 4.78 is 12.8. The standard InChI is InChI=1S/C25H20Br2N2O4/c1-15-8-10-16(11-9-15)14-33-23-20(32-2)13-17(21(26)22(23)27)12-19-24(30)28-29(25(19)31)18-6-4-3-5-7-18/h3-13H,14H2,1-2H3,(H,28,30)/b19-12-. The Hall–Kier alpha value is -3.10. The van der Waals surface area contributed by atoms with Gasteiger partial charge in [0.15, 0.2) is 11.5 Å². The van der Waals surface area contributed by atoms with E-state index in [4.69, 9.17) is 9.47 Å². The van der Waals surface area contributed by atoms with Gasteiger partial charge in [-0.05, 0) is 74.2 Å². The van der Waals surface area contributed by atoms with Gasteiger partial charge < -0.3 is 9.47 Å². The lowest BCUT2D eigenvalue weighted by Gasteiger charge is -2.16. The predicted molar refractivity (Wildman–Crippen MR) is 134 cm³/mol. The van der Waals surface area contributed by atoms with Crippen molar-refractivity contribution in [3.8, 4) is 11.5 Å². The Balaban J connectivity index is 1.64. The maximum atomic E-state index is 12.9. The number of hydrogen-bond donors (Lipinski definition) is 1. The number of ether oxygens (including phenoxy) is 2. The van der Waals surface area contributed by atoms with Gasteiger partial charge in [-0.2, -0.15) is 0 Å². The van der Waals surface area contributed by atoms with Crippen LogP contribution in [0.25, 0.3) is 6.08 Å². The summed E-state index contributed by atoms with van der Waals surface area (Å²) >= 11 is 7.11. The van der Waals surface area contributed by atoms with Gasteiger partial charge in [-0.1, -0.05) is 48.0 Å². The summed E-state index contributed by atoms with van der Waals surface area (Å²) in [4.78, 5) is 25.5. The molecule has 0 bridgehead atoms. The van der Waals surface area contributed by atoms with Crippen LogP contribution in [-0.4, -0.2) is 18.9 Å². The average Bonchev–Trinajstić information content (AvgIpc) is 3.11. The minimum absolute atomic E-state index is 0.0156. The number of methoxy groups -OCH3 is 1. The number of halogens is 2. The molecule has 1 fully saturated rings. The Morgan fingerprint density at radius 3 is 2.36 bits per heavy atom. The summed E-state index contributed by atoms with van der Waals surface area (Å²) in [7, 11) is 1.54. The van der Waals surface area contributed by atoms with Crippen molar-refractivity contribution < 1.29 is 19.1 Å². The van der Waals surface area contributed by atoms with Crippen LogP contribution in [0.1, 0.15) is 16.7 Å². The molecule has 0 aromatic heterocycles. The van der Waals surface area contributed by atoms with Crippen molar-refractivity contribution in [2.45, 2.75) is 13.5 Å². The van der Waals surface area contributed by atoms with Crippen LogP contribution < -0.4 is 19.9 Å². The second-order valence-electron chi connectivity index (χ2n) is 7.37. The summed E-state index contributed by atoms with van der Waals surface area (Å²) in [5, 5.41) is 1.23. The van der Waals surface area contributed by atoms with E-state index < -0.39 is 11.8 Å². The molecule has 0 saturated carbocycles. The number of amides is 2. The van der Waals surface area contributed by atoms with Gasteiger partial charge >= 0.3 is 0 Å². The molecule has 3 aromatic rings. The van der Waals surface area contributed by atoms with Crippen LogP contribution in [-0.2, 0) is 16.2 Å². The van der Waals surface area contributed by atoms with Gasteiger partial charge in [-0.25, -0.2) is 5.01 Å². The van der Waals surface area contributed by atoms with Crippen molar-refractivity contribution in [2.75, 3.05) is 12.1 Å². The number of nitrogens with one attached hydrogen (secondary N) is 1. The molecule has 33 heavy (non-hydrogen) atoms. The molecule has 1 N–H and O–H groups in total. The number of benzene rings is 3. The molecule has 0 radical (unpaired) electrons. The molecule has 3 aromatic carbocycles. The first-order valence-electron chi connectivity index (χ1n) is 10.1. The summed E-state index contributed by atoms with van der Waals surface area (Å²) in [6.45, 7) is 2.39. The van der Waals surface area contributed by atoms with Gasteiger partial charge in [0.05, 0.1) is 17.3 Å². The maximum absolute atomic E-state index is 12.9. The predicted octanol–water partition coefficient (Wildman–Crippen LogP) is 5.57. The zero-order valence-corrected chi connectivity index (χ0v) is 21.1. The molecule has 8 heteroatoms. The molecule has 4 rings (SSSR count). The fourth-order valence-corrected chi connectivity index (χ4v) is 4.26. The van der Waals surface area contributed by atoms with Crippen LogP contribution >= 0.6 is 31.9 Å². The van der Waals surface area contributed by atoms with Gasteiger partial charge in [-0.15, -0.1) is 0 Å². The minimum Gasteiger partial charge on any atom is -0.493 e. The fraction of sp³-hybridized carbons (Fsp3) is 0.120. The zero-order chi connectivity index (χ0) is 23.5. The molecule has 1 heterocycles. The second-order valence-corrected chi connectivity index (χ2v) is 8.96. The smallest absolute Gasteiger partial charge is 0.282 e. The number of hydrazine groups is 1. The van der Waals surface area contributed by atoms with E-state index in [0.29, 0.717) is 38.3 Å². The number of carbonyl (C=O) groups is 2. The van der Waals surface area contributed by atoms with Crippen molar-refractivity contribution >= 4 is 55.4 Å². The fourth-order valence-electron chi connectivity index (χ4n) is 3.31. The lowest BCUT2D eigenvalue weighted by Crippen LogP contribution is -2.35. The molecule has 0 aliphatic carbocycles. The van der Waals surface area contributed by atoms with E-state index in [0.717, 1.165) is 5.56 Å². The Labute approximate surface area is 208 Å². The lowest BCUT2D eigenvalue weighted by atomic mass is 10.1. The summed E-state index contributed by atoms with van der Waals surface area (Å²) in [5.41, 5.74) is 5.98. The highest BCUT2D eigenvalue weighted by molar-refractivity contribution is 9.13. The molecule has 168 valence electrons. The first kappa shape index (κ1) is 23.1. The number of anilines is 1. The summed E-state index contributed by atoms with van der Waals surface area (Å²) in [6.07, 6.45) is 1.53. The quantitative estimate of drug-likeness (QED) is 0.310. The van der Waals surface area contributed by atoms with Crippen LogP contribution in [0, 0.1) is 6.92 Å². The van der Waals surface area contributed by atoms with Gasteiger partial charge in [0, 0.05) is 4.47 Å². The number of nitrogens with zero attached hydrogens (tertiary/aromatic N) is 1. The van der Waals surface area contributed by atoms with Crippen molar-refractivity contribution in [1.29, 1.82) is 0 Å². The van der Waals surface area contributed by atoms with Crippen molar-refractivity contribution in [2.24, 2.45) is 0 Å². The Kier molecular flexibility index (Phi) is 6.85. The van der Waals surface area contributed by atoms with E-state index in [-0.39, 0.29) is 5.57 Å². The van der Waals surface area contributed by atoms with Crippen LogP contribution in [0.3, 0.4) is 0 Å². The van der Waals surface area contributed by atoms with E-state index in [1.165, 1.54) is 23.8 Å². The molecule has 1 aliphatic heterocycles. The van der Waals surface area contributed by atoms with Crippen LogP contribution in [0.15, 0.2) is 75.2 Å². The molecule has 0 unspecified atom stereocenters. The first-order chi connectivity index (χ1) is 15.9. The highest BCUT2D eigenvalue weighted by atomic mass is 79.9. The van der Waals surface area contributed by atoms with Crippen molar-refractivity contribution in [1.82, 2.24) is 5.43 Å². The van der Waals surface area contributed by atoms with Gasteiger partial charge in [0.1, 0.15) is 12.2 Å². The highest BCUT2D eigenvalue weighted by Gasteiger charge is 2.34. The zero-order valence-electron chi connectivity index (χ0n) is 17.9. The molecule has 0 spiro atoms. The largest absolute Gasteiger partial charge is 0.493 e. The SMILES string of the molecule is COc1cc(/C=C2/C(=O)NN(c3ccccc3)C2=O)c(Br)c(Br)c1OCc1ccc(C)cc1. The third-order valence-corrected chi connectivity index (χ3v) is 7.23. The third-order valence-electron chi connectivity index (χ3n) is 5.09. The van der Waals surface area contributed by atoms with Gasteiger partial charge in [0.25, 0.3) is 11.8 Å². The Morgan fingerprint density at radius 2 is 1.70 bits per heavy atom. The van der Waals surface area contributed by atoms with Crippen molar-refractivity contribution in [3.05, 3.63) is 91.9 Å². The molecule has 2 amide bonds. The number of hydrogen-bond acceptors (Lipinski definition) is 4. The summed E-state index contributed by atoms with van der Waals surface area (Å²) in [6, 6.07) is 18.7. The molecule has 0 atom stereocenters. The Morgan fingerprint density at radius 1 is 1.00 bits per heavy atom. The number of para-hydroxylation sites is 1. The molecule has 1 saturated heterocycles. The van der Waals surface area contributed by atoms with Gasteiger partial charge in [0.2, 0.25) is 0 Å². The topological polar surface area (TPSA) is 67.9 Å². The highest BCUT2D eigenvalue weighted by Crippen LogP contribution is 2.44. The number of carbonyl (C=O) groups excluding carboxylic acids is 2. The molecular formula is C25H20Br2N2O4. The summed E-state index contributed by atoms with van der Waals surface area (Å²) in [5.74, 6) is 0.0634. The molecule has 6 nitrogen and oxygen atoms in total. The van der Waals surface area contributed by atoms with E-state index in [2.05, 4.69) is 37.3 Å². The van der Waals surface area contributed by atoms with E-state index >= 15 is 0 Å². The van der Waals surface area contributed by atoms with Crippen molar-refractivity contribution in [3.63, 3.8) is 0 Å². The van der Waals surface area contributed by atoms with Gasteiger partial charge in [-0.3, -0.25) is 15.0 Å². The van der Waals surface area contributed by atoms with Crippen LogP contribution in [0.4, 0.5) is 5.69 Å². The number of aryl methyl sites for hydroxylation is 1. The minimum atomic E-state index is -0.481. The molecule has 1 aliphatic rings. The van der Waals surface area contributed by atoms with Crippen LogP contribution in [0.5, 0.6) is 11.5 Å². The average molecular weight is 572 g/mol. The maximum Gasteiger partial charge on any atom is 0.282 e. The normalized spacial score (nSPS) is 14.5.